The highest BCUT2D eigenvalue weighted by atomic mass is 16.2. The van der Waals surface area contributed by atoms with Gasteiger partial charge in [0.15, 0.2) is 17.3 Å². The van der Waals surface area contributed by atoms with Gasteiger partial charge in [-0.05, 0) is 11.6 Å². The molecule has 3 aromatic rings. The highest BCUT2D eigenvalue weighted by Gasteiger charge is 2.33. The summed E-state index contributed by atoms with van der Waals surface area (Å²) in [7, 11) is 0. The molecule has 0 radical (unpaired) electrons. The van der Waals surface area contributed by atoms with Crippen LogP contribution in [0.3, 0.4) is 0 Å². The maximum absolute atomic E-state index is 12.9. The van der Waals surface area contributed by atoms with Crippen LogP contribution < -0.4 is 0 Å². The summed E-state index contributed by atoms with van der Waals surface area (Å²) in [5.74, 6) is -2.91. The van der Waals surface area contributed by atoms with Crippen molar-refractivity contribution < 1.29 is 14.4 Å². The third-order valence-corrected chi connectivity index (χ3v) is 4.17. The molecule has 3 nitrogen and oxygen atoms in total. The summed E-state index contributed by atoms with van der Waals surface area (Å²) in [4.78, 5) is 38.7. The van der Waals surface area contributed by atoms with Crippen molar-refractivity contribution in [3.8, 4) is 0 Å². The average Bonchev–Trinajstić information content (AvgIpc) is 2.74. The van der Waals surface area contributed by atoms with Crippen LogP contribution in [-0.4, -0.2) is 17.3 Å². The monoisotopic (exact) mass is 354 g/mol. The number of Topliss-reactive ketones (excluding diaryl/α,β-unsaturated/α-hetero) is 2. The largest absolute Gasteiger partial charge is 0.294 e. The Morgan fingerprint density at radius 3 is 1.44 bits per heavy atom. The predicted molar refractivity (Wildman–Crippen MR) is 106 cm³/mol. The summed E-state index contributed by atoms with van der Waals surface area (Å²) < 4.78 is 0. The van der Waals surface area contributed by atoms with E-state index in [9.17, 15) is 14.4 Å². The van der Waals surface area contributed by atoms with Gasteiger partial charge in [-0.1, -0.05) is 97.1 Å². The van der Waals surface area contributed by atoms with E-state index in [0.717, 1.165) is 5.56 Å². The van der Waals surface area contributed by atoms with Crippen molar-refractivity contribution in [3.63, 3.8) is 0 Å². The van der Waals surface area contributed by atoms with Gasteiger partial charge in [0.1, 0.15) is 5.92 Å². The summed E-state index contributed by atoms with van der Waals surface area (Å²) in [6, 6.07) is 26.1. The van der Waals surface area contributed by atoms with Crippen molar-refractivity contribution in [2.75, 3.05) is 0 Å². The minimum absolute atomic E-state index is 0.341. The molecule has 0 aromatic heterocycles. The van der Waals surface area contributed by atoms with Crippen LogP contribution in [0.4, 0.5) is 0 Å². The Kier molecular flexibility index (Phi) is 5.85. The van der Waals surface area contributed by atoms with Crippen molar-refractivity contribution in [2.24, 2.45) is 5.92 Å². The van der Waals surface area contributed by atoms with Gasteiger partial charge in [-0.2, -0.15) is 0 Å². The number of carbonyl (C=O) groups excluding carboxylic acids is 3. The first-order valence-corrected chi connectivity index (χ1v) is 8.62. The van der Waals surface area contributed by atoms with Gasteiger partial charge in [-0.25, -0.2) is 0 Å². The lowest BCUT2D eigenvalue weighted by Gasteiger charge is -2.12. The summed E-state index contributed by atoms with van der Waals surface area (Å²) in [5.41, 5.74) is 1.51. The first kappa shape index (κ1) is 18.2. The van der Waals surface area contributed by atoms with Crippen molar-refractivity contribution in [2.45, 2.75) is 0 Å². The van der Waals surface area contributed by atoms with Crippen molar-refractivity contribution in [1.82, 2.24) is 0 Å². The third-order valence-electron chi connectivity index (χ3n) is 4.17. The van der Waals surface area contributed by atoms with E-state index in [-0.39, 0.29) is 0 Å². The first-order valence-electron chi connectivity index (χ1n) is 8.62. The molecule has 0 amide bonds. The maximum atomic E-state index is 12.9. The fraction of sp³-hybridized carbons (Fsp3) is 0.0417. The normalized spacial score (nSPS) is 10.9. The van der Waals surface area contributed by atoms with Crippen molar-refractivity contribution in [1.29, 1.82) is 0 Å². The molecule has 0 aliphatic heterocycles. The van der Waals surface area contributed by atoms with Gasteiger partial charge in [0.2, 0.25) is 0 Å². The number of ketones is 3. The van der Waals surface area contributed by atoms with Crippen LogP contribution in [0.1, 0.15) is 26.3 Å². The summed E-state index contributed by atoms with van der Waals surface area (Å²) in [6.45, 7) is 0. The zero-order valence-corrected chi connectivity index (χ0v) is 14.6. The Morgan fingerprint density at radius 2 is 1.00 bits per heavy atom. The molecule has 0 aliphatic rings. The minimum atomic E-state index is -1.39. The molecule has 0 fully saturated rings. The minimum Gasteiger partial charge on any atom is -0.294 e. The maximum Gasteiger partial charge on any atom is 0.181 e. The Bertz CT molecular complexity index is 907. The molecule has 0 saturated heterocycles. The van der Waals surface area contributed by atoms with Gasteiger partial charge in [0, 0.05) is 11.1 Å². The molecule has 3 heteroatoms. The third kappa shape index (κ3) is 4.53. The van der Waals surface area contributed by atoms with E-state index in [1.54, 1.807) is 66.7 Å². The van der Waals surface area contributed by atoms with E-state index < -0.39 is 23.3 Å². The smallest absolute Gasteiger partial charge is 0.181 e. The lowest BCUT2D eigenvalue weighted by atomic mass is 9.86. The van der Waals surface area contributed by atoms with Crippen LogP contribution in [0.2, 0.25) is 0 Å². The van der Waals surface area contributed by atoms with E-state index >= 15 is 0 Å². The highest BCUT2D eigenvalue weighted by molar-refractivity contribution is 6.30. The lowest BCUT2D eigenvalue weighted by Crippen LogP contribution is -2.31. The molecule has 0 bridgehead atoms. The summed E-state index contributed by atoms with van der Waals surface area (Å²) in [5, 5.41) is 0. The number of carbonyl (C=O) groups is 3. The zero-order valence-electron chi connectivity index (χ0n) is 14.6. The molecule has 0 saturated carbocycles. The SMILES string of the molecule is O=C(/C=C/c1ccccc1)C(C(=O)c1ccccc1)C(=O)c1ccccc1. The van der Waals surface area contributed by atoms with Crippen LogP contribution in [0.5, 0.6) is 0 Å². The Labute approximate surface area is 158 Å². The van der Waals surface area contributed by atoms with Crippen LogP contribution in [0.25, 0.3) is 6.08 Å². The van der Waals surface area contributed by atoms with E-state index in [1.165, 1.54) is 6.08 Å². The molecule has 0 unspecified atom stereocenters. The molecular formula is C24H18O3. The van der Waals surface area contributed by atoms with Gasteiger partial charge in [-0.3, -0.25) is 14.4 Å². The standard InChI is InChI=1S/C24H18O3/c25-21(17-16-18-10-4-1-5-11-18)22(23(26)19-12-6-2-7-13-19)24(27)20-14-8-3-9-15-20/h1-17,22H/b17-16+. The van der Waals surface area contributed by atoms with E-state index in [1.807, 2.05) is 30.3 Å². The summed E-state index contributed by atoms with van der Waals surface area (Å²) in [6.07, 6.45) is 2.92. The van der Waals surface area contributed by atoms with Crippen LogP contribution >= 0.6 is 0 Å². The molecule has 27 heavy (non-hydrogen) atoms. The summed E-state index contributed by atoms with van der Waals surface area (Å²) >= 11 is 0. The number of benzene rings is 3. The van der Waals surface area contributed by atoms with Crippen molar-refractivity contribution >= 4 is 23.4 Å². The zero-order chi connectivity index (χ0) is 19.1. The fourth-order valence-corrected chi connectivity index (χ4v) is 2.75. The quantitative estimate of drug-likeness (QED) is 0.352. The van der Waals surface area contributed by atoms with Crippen molar-refractivity contribution in [3.05, 3.63) is 114 Å². The second-order valence-electron chi connectivity index (χ2n) is 6.04. The Balaban J connectivity index is 1.94. The fourth-order valence-electron chi connectivity index (χ4n) is 2.75. The van der Waals surface area contributed by atoms with Gasteiger partial charge in [0.05, 0.1) is 0 Å². The topological polar surface area (TPSA) is 51.2 Å². The highest BCUT2D eigenvalue weighted by Crippen LogP contribution is 2.18. The number of hydrogen-bond acceptors (Lipinski definition) is 3. The van der Waals surface area contributed by atoms with Gasteiger partial charge in [-0.15, -0.1) is 0 Å². The van der Waals surface area contributed by atoms with Gasteiger partial charge < -0.3 is 0 Å². The molecular weight excluding hydrogens is 336 g/mol. The predicted octanol–water partition coefficient (Wildman–Crippen LogP) is 4.65. The Hall–Kier alpha value is -3.59. The lowest BCUT2D eigenvalue weighted by molar-refractivity contribution is -0.115. The molecule has 132 valence electrons. The number of hydrogen-bond donors (Lipinski definition) is 0. The molecule has 0 aliphatic carbocycles. The van der Waals surface area contributed by atoms with Crippen LogP contribution in [-0.2, 0) is 4.79 Å². The number of rotatable bonds is 7. The molecule has 3 rings (SSSR count). The van der Waals surface area contributed by atoms with Crippen LogP contribution in [0, 0.1) is 5.92 Å². The van der Waals surface area contributed by atoms with Crippen LogP contribution in [0.15, 0.2) is 97.1 Å². The molecule has 0 atom stereocenters. The van der Waals surface area contributed by atoms with Gasteiger partial charge in [0.25, 0.3) is 0 Å². The van der Waals surface area contributed by atoms with E-state index in [0.29, 0.717) is 11.1 Å². The Morgan fingerprint density at radius 1 is 0.593 bits per heavy atom. The van der Waals surface area contributed by atoms with E-state index in [4.69, 9.17) is 0 Å². The number of allylic oxidation sites excluding steroid dienone is 1. The molecule has 0 heterocycles. The molecule has 0 N–H and O–H groups in total. The first-order chi connectivity index (χ1) is 13.2. The second-order valence-corrected chi connectivity index (χ2v) is 6.04. The average molecular weight is 354 g/mol. The molecule has 0 spiro atoms. The van der Waals surface area contributed by atoms with E-state index in [2.05, 4.69) is 0 Å². The second kappa shape index (κ2) is 8.68. The molecule has 3 aromatic carbocycles. The van der Waals surface area contributed by atoms with Gasteiger partial charge >= 0.3 is 0 Å².